The van der Waals surface area contributed by atoms with Crippen LogP contribution < -0.4 is 5.32 Å². The van der Waals surface area contributed by atoms with Gasteiger partial charge in [0, 0.05) is 56.2 Å². The molecule has 6 nitrogen and oxygen atoms in total. The lowest BCUT2D eigenvalue weighted by atomic mass is 10.0. The molecule has 0 fully saturated rings. The van der Waals surface area contributed by atoms with Gasteiger partial charge in [0.25, 0.3) is 0 Å². The van der Waals surface area contributed by atoms with Crippen molar-refractivity contribution in [3.8, 4) is 11.4 Å². The molecule has 0 bridgehead atoms. The molecule has 3 heterocycles. The van der Waals surface area contributed by atoms with E-state index in [1.54, 1.807) is 12.4 Å². The third-order valence-electron chi connectivity index (χ3n) is 5.23. The fourth-order valence-electron chi connectivity index (χ4n) is 3.64. The summed E-state index contributed by atoms with van der Waals surface area (Å²) in [6.45, 7) is 4.18. The quantitative estimate of drug-likeness (QED) is 0.650. The number of rotatable bonds is 7. The second-order valence-corrected chi connectivity index (χ2v) is 7.88. The molecule has 0 saturated carbocycles. The van der Waals surface area contributed by atoms with Crippen molar-refractivity contribution in [2.24, 2.45) is 0 Å². The number of likely N-dealkylation sites (N-methyl/N-ethyl adjacent to an activating group) is 1. The van der Waals surface area contributed by atoms with Crippen molar-refractivity contribution in [3.63, 3.8) is 0 Å². The Morgan fingerprint density at radius 3 is 2.70 bits per heavy atom. The highest BCUT2D eigenvalue weighted by atomic mass is 19.1. The summed E-state index contributed by atoms with van der Waals surface area (Å²) < 4.78 is 13.2. The monoisotopic (exact) mass is 406 g/mol. The fourth-order valence-corrected chi connectivity index (χ4v) is 3.64. The van der Waals surface area contributed by atoms with Gasteiger partial charge in [-0.05, 0) is 50.3 Å². The summed E-state index contributed by atoms with van der Waals surface area (Å²) in [6.07, 6.45) is 4.43. The zero-order chi connectivity index (χ0) is 20.9. The highest BCUT2D eigenvalue weighted by Crippen LogP contribution is 2.27. The first-order chi connectivity index (χ1) is 14.6. The molecule has 2 aromatic heterocycles. The van der Waals surface area contributed by atoms with Gasteiger partial charge in [0.2, 0.25) is 0 Å². The molecule has 7 heteroatoms. The second kappa shape index (κ2) is 9.28. The first kappa shape index (κ1) is 20.4. The van der Waals surface area contributed by atoms with Gasteiger partial charge in [-0.25, -0.2) is 14.4 Å². The van der Waals surface area contributed by atoms with E-state index >= 15 is 0 Å². The molecule has 0 atom stereocenters. The molecule has 0 unspecified atom stereocenters. The van der Waals surface area contributed by atoms with Crippen LogP contribution in [0.2, 0.25) is 0 Å². The summed E-state index contributed by atoms with van der Waals surface area (Å²) in [4.78, 5) is 18.4. The highest BCUT2D eigenvalue weighted by Gasteiger charge is 2.23. The second-order valence-electron chi connectivity index (χ2n) is 7.88. The average molecular weight is 407 g/mol. The fraction of sp³-hybridized carbons (Fsp3) is 0.348. The number of nitrogens with zero attached hydrogens (tertiary/aromatic N) is 5. The zero-order valence-electron chi connectivity index (χ0n) is 17.5. The topological polar surface area (TPSA) is 57.2 Å². The van der Waals surface area contributed by atoms with E-state index in [1.807, 2.05) is 24.3 Å². The van der Waals surface area contributed by atoms with Crippen LogP contribution in [-0.2, 0) is 19.5 Å². The lowest BCUT2D eigenvalue weighted by Gasteiger charge is -2.29. The maximum atomic E-state index is 13.2. The maximum absolute atomic E-state index is 13.2. The molecule has 156 valence electrons. The summed E-state index contributed by atoms with van der Waals surface area (Å²) in [5.74, 6) is 1.41. The SMILES string of the molecule is CN(C)CCNc1nc(-c2cccnc2)nc2c1CCN(Cc1ccc(F)cc1)C2. The Balaban J connectivity index is 1.59. The van der Waals surface area contributed by atoms with Gasteiger partial charge in [0.1, 0.15) is 11.6 Å². The molecule has 0 saturated heterocycles. The predicted molar refractivity (Wildman–Crippen MR) is 117 cm³/mol. The van der Waals surface area contributed by atoms with Crippen LogP contribution in [0.3, 0.4) is 0 Å². The van der Waals surface area contributed by atoms with E-state index in [2.05, 4.69) is 34.2 Å². The Labute approximate surface area is 176 Å². The van der Waals surface area contributed by atoms with Crippen molar-refractivity contribution in [2.75, 3.05) is 39.0 Å². The van der Waals surface area contributed by atoms with Crippen molar-refractivity contribution in [1.82, 2.24) is 24.8 Å². The molecule has 1 N–H and O–H groups in total. The number of nitrogens with one attached hydrogen (secondary N) is 1. The third kappa shape index (κ3) is 4.98. The van der Waals surface area contributed by atoms with Gasteiger partial charge in [-0.1, -0.05) is 12.1 Å². The van der Waals surface area contributed by atoms with Crippen molar-refractivity contribution in [2.45, 2.75) is 19.5 Å². The van der Waals surface area contributed by atoms with Crippen LogP contribution in [0.25, 0.3) is 11.4 Å². The normalized spacial score (nSPS) is 14.0. The van der Waals surface area contributed by atoms with Gasteiger partial charge in [0.15, 0.2) is 5.82 Å². The molecule has 1 aliphatic rings. The summed E-state index contributed by atoms with van der Waals surface area (Å²) in [6, 6.07) is 10.6. The van der Waals surface area contributed by atoms with Gasteiger partial charge in [0.05, 0.1) is 5.69 Å². The van der Waals surface area contributed by atoms with Gasteiger partial charge in [-0.3, -0.25) is 9.88 Å². The van der Waals surface area contributed by atoms with Crippen molar-refractivity contribution >= 4 is 5.82 Å². The molecular formula is C23H27FN6. The van der Waals surface area contributed by atoms with E-state index in [4.69, 9.17) is 9.97 Å². The number of halogens is 1. The minimum absolute atomic E-state index is 0.204. The van der Waals surface area contributed by atoms with Crippen molar-refractivity contribution < 1.29 is 4.39 Å². The Morgan fingerprint density at radius 2 is 1.97 bits per heavy atom. The lowest BCUT2D eigenvalue weighted by Crippen LogP contribution is -2.32. The highest BCUT2D eigenvalue weighted by molar-refractivity contribution is 5.59. The largest absolute Gasteiger partial charge is 0.368 e. The smallest absolute Gasteiger partial charge is 0.163 e. The van der Waals surface area contributed by atoms with Crippen molar-refractivity contribution in [1.29, 1.82) is 0 Å². The number of pyridine rings is 1. The Bertz CT molecular complexity index is 975. The van der Waals surface area contributed by atoms with Crippen LogP contribution in [0.15, 0.2) is 48.8 Å². The minimum Gasteiger partial charge on any atom is -0.368 e. The van der Waals surface area contributed by atoms with Gasteiger partial charge in [-0.2, -0.15) is 0 Å². The maximum Gasteiger partial charge on any atom is 0.163 e. The average Bonchev–Trinajstić information content (AvgIpc) is 2.75. The Hall–Kier alpha value is -2.90. The van der Waals surface area contributed by atoms with Crippen LogP contribution in [0, 0.1) is 5.82 Å². The lowest BCUT2D eigenvalue weighted by molar-refractivity contribution is 0.241. The number of aromatic nitrogens is 3. The first-order valence-electron chi connectivity index (χ1n) is 10.2. The van der Waals surface area contributed by atoms with Crippen LogP contribution in [0.4, 0.5) is 10.2 Å². The molecule has 0 spiro atoms. The molecule has 4 rings (SSSR count). The minimum atomic E-state index is -0.204. The molecule has 1 aromatic carbocycles. The number of anilines is 1. The molecule has 30 heavy (non-hydrogen) atoms. The van der Waals surface area contributed by atoms with Crippen LogP contribution in [0.1, 0.15) is 16.8 Å². The van der Waals surface area contributed by atoms with E-state index in [1.165, 1.54) is 17.7 Å². The van der Waals surface area contributed by atoms with E-state index in [9.17, 15) is 4.39 Å². The number of hydrogen-bond donors (Lipinski definition) is 1. The van der Waals surface area contributed by atoms with Gasteiger partial charge < -0.3 is 10.2 Å². The third-order valence-corrected chi connectivity index (χ3v) is 5.23. The first-order valence-corrected chi connectivity index (χ1v) is 10.2. The number of fused-ring (bicyclic) bond motifs is 1. The summed E-state index contributed by atoms with van der Waals surface area (Å²) in [5.41, 5.74) is 4.25. The summed E-state index contributed by atoms with van der Waals surface area (Å²) >= 11 is 0. The zero-order valence-corrected chi connectivity index (χ0v) is 17.5. The van der Waals surface area contributed by atoms with E-state index < -0.39 is 0 Å². The van der Waals surface area contributed by atoms with Crippen LogP contribution in [0.5, 0.6) is 0 Å². The van der Waals surface area contributed by atoms with Crippen LogP contribution in [-0.4, -0.2) is 58.5 Å². The standard InChI is InChI=1S/C23H27FN6/c1-29(2)13-11-26-23-20-9-12-30(15-17-5-7-19(24)8-6-17)16-21(20)27-22(28-23)18-4-3-10-25-14-18/h3-8,10,14H,9,11-13,15-16H2,1-2H3,(H,26,27,28). The molecular weight excluding hydrogens is 379 g/mol. The van der Waals surface area contributed by atoms with E-state index in [0.717, 1.165) is 61.8 Å². The van der Waals surface area contributed by atoms with Crippen molar-refractivity contribution in [3.05, 3.63) is 71.4 Å². The molecule has 3 aromatic rings. The van der Waals surface area contributed by atoms with Gasteiger partial charge >= 0.3 is 0 Å². The molecule has 0 amide bonds. The molecule has 1 aliphatic heterocycles. The molecule has 0 radical (unpaired) electrons. The summed E-state index contributed by atoms with van der Waals surface area (Å²) in [7, 11) is 4.12. The molecule has 0 aliphatic carbocycles. The number of hydrogen-bond acceptors (Lipinski definition) is 6. The van der Waals surface area contributed by atoms with E-state index in [0.29, 0.717) is 5.82 Å². The predicted octanol–water partition coefficient (Wildman–Crippen LogP) is 3.21. The number of benzene rings is 1. The Kier molecular flexibility index (Phi) is 6.30. The summed E-state index contributed by atoms with van der Waals surface area (Å²) in [5, 5.41) is 3.51. The Morgan fingerprint density at radius 1 is 1.13 bits per heavy atom. The van der Waals surface area contributed by atoms with Gasteiger partial charge in [-0.15, -0.1) is 0 Å². The van der Waals surface area contributed by atoms with Crippen LogP contribution >= 0.6 is 0 Å². The van der Waals surface area contributed by atoms with E-state index in [-0.39, 0.29) is 5.82 Å².